The summed E-state index contributed by atoms with van der Waals surface area (Å²) < 4.78 is 44.1. The maximum Gasteiger partial charge on any atom is 0.393 e. The Morgan fingerprint density at radius 1 is 1.37 bits per heavy atom. The van der Waals surface area contributed by atoms with Crippen LogP contribution in [0.4, 0.5) is 13.2 Å². The summed E-state index contributed by atoms with van der Waals surface area (Å²) in [6.07, 6.45) is -4.31. The number of nitrogens with zero attached hydrogens (tertiary/aromatic N) is 3. The lowest BCUT2D eigenvalue weighted by molar-refractivity contribution is -0.188. The van der Waals surface area contributed by atoms with Crippen molar-refractivity contribution in [3.05, 3.63) is 35.2 Å². The second-order valence-electron chi connectivity index (χ2n) is 6.12. The van der Waals surface area contributed by atoms with Crippen LogP contribution in [0.1, 0.15) is 5.89 Å². The van der Waals surface area contributed by atoms with E-state index in [1.807, 2.05) is 0 Å². The fraction of sp³-hybridized carbons (Fsp3) is 0.438. The third-order valence-corrected chi connectivity index (χ3v) is 4.56. The van der Waals surface area contributed by atoms with Crippen LogP contribution in [0.15, 0.2) is 28.8 Å². The number of carboxylic acids is 1. The lowest BCUT2D eigenvalue weighted by Gasteiger charge is -2.18. The van der Waals surface area contributed by atoms with Crippen LogP contribution in [0.25, 0.3) is 11.4 Å². The van der Waals surface area contributed by atoms with Crippen molar-refractivity contribution >= 4 is 30.0 Å². The third kappa shape index (κ3) is 5.12. The topological polar surface area (TPSA) is 79.5 Å². The van der Waals surface area contributed by atoms with Crippen molar-refractivity contribution in [2.75, 3.05) is 19.6 Å². The molecule has 1 saturated heterocycles. The fourth-order valence-electron chi connectivity index (χ4n) is 3.00. The number of aliphatic carboxylic acids is 1. The average molecular weight is 426 g/mol. The SMILES string of the molecule is Cl.O=C(O)[C@@H]1CN(CCc2nc(-c3cccc(Cl)c3)no2)C[C@H]1C(F)(F)F. The zero-order valence-corrected chi connectivity index (χ0v) is 15.4. The molecule has 0 amide bonds. The van der Waals surface area contributed by atoms with Gasteiger partial charge in [-0.05, 0) is 12.1 Å². The van der Waals surface area contributed by atoms with E-state index < -0.39 is 24.0 Å². The summed E-state index contributed by atoms with van der Waals surface area (Å²) in [6, 6.07) is 6.87. The first-order valence-corrected chi connectivity index (χ1v) is 8.22. The van der Waals surface area contributed by atoms with Crippen LogP contribution in [0.3, 0.4) is 0 Å². The predicted octanol–water partition coefficient (Wildman–Crippen LogP) is 3.55. The standard InChI is InChI=1S/C16H15ClF3N3O3.ClH/c17-10-3-1-2-9(6-10)14-21-13(26-22-14)4-5-23-7-11(15(24)25)12(8-23)16(18,19)20;/h1-3,6,11-12H,4-5,7-8H2,(H,24,25);1H/t11-,12-;/m1./s1. The first-order chi connectivity index (χ1) is 12.2. The number of rotatable bonds is 5. The van der Waals surface area contributed by atoms with Crippen LogP contribution in [0, 0.1) is 11.8 Å². The monoisotopic (exact) mass is 425 g/mol. The Morgan fingerprint density at radius 2 is 2.11 bits per heavy atom. The minimum Gasteiger partial charge on any atom is -0.481 e. The summed E-state index contributed by atoms with van der Waals surface area (Å²) in [5.41, 5.74) is 0.664. The first-order valence-electron chi connectivity index (χ1n) is 7.84. The largest absolute Gasteiger partial charge is 0.481 e. The van der Waals surface area contributed by atoms with Crippen molar-refractivity contribution in [1.29, 1.82) is 0 Å². The molecule has 2 heterocycles. The summed E-state index contributed by atoms with van der Waals surface area (Å²) in [7, 11) is 0. The molecule has 0 bridgehead atoms. The number of benzene rings is 1. The lowest BCUT2D eigenvalue weighted by Crippen LogP contribution is -2.33. The van der Waals surface area contributed by atoms with Crippen LogP contribution in [-0.2, 0) is 11.2 Å². The Labute approximate surface area is 163 Å². The smallest absolute Gasteiger partial charge is 0.393 e. The van der Waals surface area contributed by atoms with Crippen molar-refractivity contribution in [2.24, 2.45) is 11.8 Å². The van der Waals surface area contributed by atoms with E-state index >= 15 is 0 Å². The van der Waals surface area contributed by atoms with Crippen molar-refractivity contribution in [3.63, 3.8) is 0 Å². The molecule has 2 aromatic rings. The number of hydrogen-bond acceptors (Lipinski definition) is 5. The van der Waals surface area contributed by atoms with Gasteiger partial charge >= 0.3 is 12.1 Å². The Balaban J connectivity index is 0.00000261. The minimum absolute atomic E-state index is 0. The molecule has 0 unspecified atom stereocenters. The second-order valence-corrected chi connectivity index (χ2v) is 6.56. The Kier molecular flexibility index (Phi) is 6.72. The highest BCUT2D eigenvalue weighted by Crippen LogP contribution is 2.37. The molecule has 11 heteroatoms. The van der Waals surface area contributed by atoms with Gasteiger partial charge in [-0.1, -0.05) is 28.9 Å². The number of carboxylic acid groups (broad SMARTS) is 1. The minimum atomic E-state index is -4.54. The van der Waals surface area contributed by atoms with Crippen molar-refractivity contribution in [1.82, 2.24) is 15.0 Å². The molecule has 1 aromatic carbocycles. The highest BCUT2D eigenvalue weighted by atomic mass is 35.5. The van der Waals surface area contributed by atoms with Gasteiger partial charge in [0.15, 0.2) is 0 Å². The van der Waals surface area contributed by atoms with Gasteiger partial charge in [0.2, 0.25) is 11.7 Å². The van der Waals surface area contributed by atoms with Crippen molar-refractivity contribution in [3.8, 4) is 11.4 Å². The van der Waals surface area contributed by atoms with Gasteiger partial charge in [-0.2, -0.15) is 18.2 Å². The maximum atomic E-state index is 13.0. The Morgan fingerprint density at radius 3 is 2.70 bits per heavy atom. The lowest BCUT2D eigenvalue weighted by atomic mass is 9.96. The van der Waals surface area contributed by atoms with Gasteiger partial charge in [0.05, 0.1) is 11.8 Å². The van der Waals surface area contributed by atoms with Gasteiger partial charge in [0.1, 0.15) is 0 Å². The molecule has 0 aliphatic carbocycles. The van der Waals surface area contributed by atoms with E-state index in [-0.39, 0.29) is 44.4 Å². The Hall–Kier alpha value is -1.84. The van der Waals surface area contributed by atoms with E-state index in [1.54, 1.807) is 24.3 Å². The molecule has 1 aliphatic heterocycles. The number of halogens is 5. The molecule has 1 N–H and O–H groups in total. The predicted molar refractivity (Wildman–Crippen MR) is 92.8 cm³/mol. The molecule has 6 nitrogen and oxygen atoms in total. The number of carbonyl (C=O) groups is 1. The number of hydrogen-bond donors (Lipinski definition) is 1. The van der Waals surface area contributed by atoms with Crippen LogP contribution >= 0.6 is 24.0 Å². The average Bonchev–Trinajstić information content (AvgIpc) is 3.20. The van der Waals surface area contributed by atoms with Crippen molar-refractivity contribution < 1.29 is 27.6 Å². The van der Waals surface area contributed by atoms with E-state index in [4.69, 9.17) is 21.2 Å². The molecule has 1 aliphatic rings. The van der Waals surface area contributed by atoms with Gasteiger partial charge < -0.3 is 14.5 Å². The van der Waals surface area contributed by atoms with Crippen LogP contribution in [0.5, 0.6) is 0 Å². The molecular formula is C16H16Cl2F3N3O3. The van der Waals surface area contributed by atoms with E-state index in [0.717, 1.165) is 0 Å². The van der Waals surface area contributed by atoms with Gasteiger partial charge in [-0.3, -0.25) is 4.79 Å². The maximum absolute atomic E-state index is 13.0. The molecule has 0 spiro atoms. The number of aromatic nitrogens is 2. The highest BCUT2D eigenvalue weighted by Gasteiger charge is 2.52. The van der Waals surface area contributed by atoms with E-state index in [9.17, 15) is 18.0 Å². The molecular weight excluding hydrogens is 410 g/mol. The molecule has 0 saturated carbocycles. The normalized spacial score (nSPS) is 20.4. The van der Waals surface area contributed by atoms with E-state index in [0.29, 0.717) is 16.4 Å². The summed E-state index contributed by atoms with van der Waals surface area (Å²) >= 11 is 5.91. The van der Waals surface area contributed by atoms with Crippen LogP contribution in [0.2, 0.25) is 5.02 Å². The molecule has 148 valence electrons. The molecule has 1 fully saturated rings. The molecule has 27 heavy (non-hydrogen) atoms. The summed E-state index contributed by atoms with van der Waals surface area (Å²) in [6.45, 7) is -0.307. The van der Waals surface area contributed by atoms with E-state index in [2.05, 4.69) is 10.1 Å². The van der Waals surface area contributed by atoms with Gasteiger partial charge in [0, 0.05) is 36.6 Å². The van der Waals surface area contributed by atoms with Crippen LogP contribution < -0.4 is 0 Å². The fourth-order valence-corrected chi connectivity index (χ4v) is 3.20. The molecule has 2 atom stereocenters. The molecule has 1 aromatic heterocycles. The van der Waals surface area contributed by atoms with Gasteiger partial charge in [-0.15, -0.1) is 12.4 Å². The highest BCUT2D eigenvalue weighted by molar-refractivity contribution is 6.30. The quantitative estimate of drug-likeness (QED) is 0.788. The third-order valence-electron chi connectivity index (χ3n) is 4.33. The first kappa shape index (κ1) is 21.5. The van der Waals surface area contributed by atoms with Crippen LogP contribution in [-0.4, -0.2) is 51.9 Å². The molecule has 0 radical (unpaired) electrons. The zero-order chi connectivity index (χ0) is 18.9. The second kappa shape index (κ2) is 8.45. The zero-order valence-electron chi connectivity index (χ0n) is 13.8. The number of alkyl halides is 3. The summed E-state index contributed by atoms with van der Waals surface area (Å²) in [5.74, 6) is -4.16. The molecule has 3 rings (SSSR count). The summed E-state index contributed by atoms with van der Waals surface area (Å²) in [4.78, 5) is 16.7. The number of likely N-dealkylation sites (tertiary alicyclic amines) is 1. The van der Waals surface area contributed by atoms with Gasteiger partial charge in [0.25, 0.3) is 0 Å². The Bertz CT molecular complexity index is 800. The van der Waals surface area contributed by atoms with E-state index in [1.165, 1.54) is 4.90 Å². The summed E-state index contributed by atoms with van der Waals surface area (Å²) in [5, 5.41) is 13.4. The van der Waals surface area contributed by atoms with Crippen molar-refractivity contribution in [2.45, 2.75) is 12.6 Å². The van der Waals surface area contributed by atoms with Gasteiger partial charge in [-0.25, -0.2) is 0 Å².